The molecule has 8 aromatic carbocycles. The van der Waals surface area contributed by atoms with Gasteiger partial charge in [-0.1, -0.05) is 133 Å². The van der Waals surface area contributed by atoms with Crippen LogP contribution < -0.4 is 0 Å². The lowest BCUT2D eigenvalue weighted by molar-refractivity contribution is 1.40. The molecule has 0 saturated heterocycles. The van der Waals surface area contributed by atoms with Gasteiger partial charge in [0.05, 0.1) is 0 Å². The van der Waals surface area contributed by atoms with Gasteiger partial charge < -0.3 is 0 Å². The fraction of sp³-hybridized carbons (Fsp3) is 0. The molecule has 0 nitrogen and oxygen atoms in total. The van der Waals surface area contributed by atoms with E-state index < -0.39 is 0 Å². The van der Waals surface area contributed by atoms with Gasteiger partial charge in [-0.2, -0.15) is 0 Å². The Kier molecular flexibility index (Phi) is 4.36. The molecule has 1 heteroatoms. The molecule has 0 unspecified atom stereocenters. The van der Waals surface area contributed by atoms with Crippen LogP contribution in [0.5, 0.6) is 0 Å². The molecule has 0 fully saturated rings. The van der Waals surface area contributed by atoms with Gasteiger partial charge in [0.1, 0.15) is 0 Å². The summed E-state index contributed by atoms with van der Waals surface area (Å²) < 4.78 is 0. The first-order valence-corrected chi connectivity index (χ1v) is 14.3. The molecule has 1 aliphatic rings. The molecule has 9 rings (SSSR count). The SMILES string of the molecule is c1ccc(-c2ccc3ccc4c(-c5ccc6c7c(cccc57)-c5ccccc5S6)ccc5ccc2c3c54)cc1. The minimum Gasteiger partial charge on any atom is -0.0888 e. The first-order chi connectivity index (χ1) is 19.3. The van der Waals surface area contributed by atoms with Gasteiger partial charge in [0.25, 0.3) is 0 Å². The molecule has 0 N–H and O–H groups in total. The zero-order valence-corrected chi connectivity index (χ0v) is 21.9. The van der Waals surface area contributed by atoms with E-state index in [4.69, 9.17) is 0 Å². The molecule has 0 saturated carbocycles. The highest BCUT2D eigenvalue weighted by atomic mass is 32.2. The van der Waals surface area contributed by atoms with Crippen molar-refractivity contribution in [3.05, 3.63) is 133 Å². The number of hydrogen-bond acceptors (Lipinski definition) is 1. The minimum absolute atomic E-state index is 1.26. The van der Waals surface area contributed by atoms with E-state index >= 15 is 0 Å². The summed E-state index contributed by atoms with van der Waals surface area (Å²) in [5.74, 6) is 0. The smallest absolute Gasteiger partial charge is 0.0207 e. The van der Waals surface area contributed by atoms with E-state index in [2.05, 4.69) is 133 Å². The third-order valence-electron chi connectivity index (χ3n) is 8.44. The highest BCUT2D eigenvalue weighted by Crippen LogP contribution is 2.50. The van der Waals surface area contributed by atoms with Crippen LogP contribution in [0.15, 0.2) is 143 Å². The van der Waals surface area contributed by atoms with Crippen LogP contribution in [-0.2, 0) is 0 Å². The van der Waals surface area contributed by atoms with Gasteiger partial charge in [0, 0.05) is 15.2 Å². The number of hydrogen-bond donors (Lipinski definition) is 0. The van der Waals surface area contributed by atoms with Crippen molar-refractivity contribution < 1.29 is 0 Å². The Labute approximate surface area is 230 Å². The maximum absolute atomic E-state index is 2.34. The zero-order chi connectivity index (χ0) is 25.5. The third kappa shape index (κ3) is 2.97. The monoisotopic (exact) mass is 510 g/mol. The van der Waals surface area contributed by atoms with Crippen LogP contribution in [0.25, 0.3) is 76.5 Å². The molecule has 8 aromatic rings. The Bertz CT molecular complexity index is 2240. The van der Waals surface area contributed by atoms with Crippen LogP contribution in [0, 0.1) is 0 Å². The molecule has 0 radical (unpaired) electrons. The lowest BCUT2D eigenvalue weighted by Crippen LogP contribution is -1.94. The molecule has 0 spiro atoms. The fourth-order valence-corrected chi connectivity index (χ4v) is 7.85. The largest absolute Gasteiger partial charge is 0.0888 e. The maximum atomic E-state index is 2.34. The Morgan fingerprint density at radius 3 is 1.69 bits per heavy atom. The molecule has 1 aliphatic heterocycles. The summed E-state index contributed by atoms with van der Waals surface area (Å²) in [5, 5.41) is 10.7. The van der Waals surface area contributed by atoms with Crippen molar-refractivity contribution in [2.45, 2.75) is 9.79 Å². The van der Waals surface area contributed by atoms with Crippen molar-refractivity contribution in [1.82, 2.24) is 0 Å². The van der Waals surface area contributed by atoms with Crippen molar-refractivity contribution in [2.24, 2.45) is 0 Å². The summed E-state index contributed by atoms with van der Waals surface area (Å²) in [4.78, 5) is 2.68. The second-order valence-electron chi connectivity index (χ2n) is 10.5. The summed E-state index contributed by atoms with van der Waals surface area (Å²) in [7, 11) is 0. The number of fused-ring (bicyclic) bond motifs is 2. The van der Waals surface area contributed by atoms with E-state index in [9.17, 15) is 0 Å². The summed E-state index contributed by atoms with van der Waals surface area (Å²) in [6, 6.07) is 49.5. The van der Waals surface area contributed by atoms with Gasteiger partial charge in [0.15, 0.2) is 0 Å². The van der Waals surface area contributed by atoms with E-state index in [0.29, 0.717) is 0 Å². The van der Waals surface area contributed by atoms with Gasteiger partial charge in [0.2, 0.25) is 0 Å². The average molecular weight is 511 g/mol. The number of benzene rings is 8. The summed E-state index contributed by atoms with van der Waals surface area (Å²) in [5.41, 5.74) is 7.83. The third-order valence-corrected chi connectivity index (χ3v) is 9.58. The van der Waals surface area contributed by atoms with Crippen molar-refractivity contribution >= 4 is 54.9 Å². The van der Waals surface area contributed by atoms with E-state index in [0.717, 1.165) is 0 Å². The van der Waals surface area contributed by atoms with Crippen molar-refractivity contribution in [2.75, 3.05) is 0 Å². The summed E-state index contributed by atoms with van der Waals surface area (Å²) >= 11 is 1.89. The van der Waals surface area contributed by atoms with Crippen molar-refractivity contribution in [1.29, 1.82) is 0 Å². The molecular weight excluding hydrogens is 488 g/mol. The van der Waals surface area contributed by atoms with Crippen LogP contribution in [0.1, 0.15) is 0 Å². The van der Waals surface area contributed by atoms with Crippen molar-refractivity contribution in [3.63, 3.8) is 0 Å². The molecule has 0 atom stereocenters. The van der Waals surface area contributed by atoms with Gasteiger partial charge in [-0.05, 0) is 83.2 Å². The summed E-state index contributed by atoms with van der Waals surface area (Å²) in [6.07, 6.45) is 0. The molecule has 0 aromatic heterocycles. The van der Waals surface area contributed by atoms with E-state index in [1.165, 1.54) is 86.3 Å². The molecule has 0 bridgehead atoms. The summed E-state index contributed by atoms with van der Waals surface area (Å²) in [6.45, 7) is 0. The van der Waals surface area contributed by atoms with Crippen molar-refractivity contribution in [3.8, 4) is 33.4 Å². The first kappa shape index (κ1) is 21.4. The van der Waals surface area contributed by atoms with E-state index in [1.807, 2.05) is 11.8 Å². The molecule has 180 valence electrons. The highest BCUT2D eigenvalue weighted by molar-refractivity contribution is 7.99. The second kappa shape index (κ2) is 7.96. The molecule has 0 amide bonds. The zero-order valence-electron chi connectivity index (χ0n) is 21.1. The molecular formula is C38H22S. The second-order valence-corrected chi connectivity index (χ2v) is 11.5. The molecule has 0 aliphatic carbocycles. The maximum Gasteiger partial charge on any atom is 0.0207 e. The van der Waals surface area contributed by atoms with Gasteiger partial charge >= 0.3 is 0 Å². The topological polar surface area (TPSA) is 0 Å². The van der Waals surface area contributed by atoms with Crippen LogP contribution in [0.2, 0.25) is 0 Å². The fourth-order valence-electron chi connectivity index (χ4n) is 6.72. The Balaban J connectivity index is 1.36. The first-order valence-electron chi connectivity index (χ1n) is 13.4. The van der Waals surface area contributed by atoms with Crippen LogP contribution >= 0.6 is 11.8 Å². The van der Waals surface area contributed by atoms with Crippen LogP contribution in [0.4, 0.5) is 0 Å². The van der Waals surface area contributed by atoms with E-state index in [-0.39, 0.29) is 0 Å². The van der Waals surface area contributed by atoms with Gasteiger partial charge in [-0.15, -0.1) is 0 Å². The average Bonchev–Trinajstić information content (AvgIpc) is 3.00. The highest BCUT2D eigenvalue weighted by Gasteiger charge is 2.21. The van der Waals surface area contributed by atoms with Crippen LogP contribution in [0.3, 0.4) is 0 Å². The van der Waals surface area contributed by atoms with E-state index in [1.54, 1.807) is 0 Å². The lowest BCUT2D eigenvalue weighted by atomic mass is 9.86. The standard InChI is InChI=1S/C38H22S/c1-2-7-23(8-3-1)26-17-13-24-16-20-33-27(18-14-25-15-19-32(26)36(24)37(25)33)28-21-22-35-38-30(28)10-6-11-31(38)29-9-4-5-12-34(29)39-35/h1-22H. The molecule has 39 heavy (non-hydrogen) atoms. The number of rotatable bonds is 2. The Morgan fingerprint density at radius 1 is 0.308 bits per heavy atom. The molecule has 1 heterocycles. The predicted octanol–water partition coefficient (Wildman–Crippen LogP) is 11.2. The van der Waals surface area contributed by atoms with Crippen LogP contribution in [-0.4, -0.2) is 0 Å². The minimum atomic E-state index is 1.26. The normalized spacial score (nSPS) is 12.5. The Morgan fingerprint density at radius 2 is 0.897 bits per heavy atom. The van der Waals surface area contributed by atoms with Gasteiger partial charge in [-0.25, -0.2) is 0 Å². The Hall–Kier alpha value is -4.59. The van der Waals surface area contributed by atoms with Gasteiger partial charge in [-0.3, -0.25) is 0 Å². The lowest BCUT2D eigenvalue weighted by Gasteiger charge is -2.22. The predicted molar refractivity (Wildman–Crippen MR) is 168 cm³/mol. The quantitative estimate of drug-likeness (QED) is 0.208.